The number of amides is 1. The second kappa shape index (κ2) is 9.37. The predicted octanol–water partition coefficient (Wildman–Crippen LogP) is 3.83. The molecule has 1 N–H and O–H groups in total. The number of thiophene rings is 1. The van der Waals surface area contributed by atoms with E-state index in [1.165, 1.54) is 16.2 Å². The minimum absolute atomic E-state index is 0.0829. The van der Waals surface area contributed by atoms with Crippen molar-refractivity contribution in [1.82, 2.24) is 4.90 Å². The minimum atomic E-state index is -0.330. The summed E-state index contributed by atoms with van der Waals surface area (Å²) in [7, 11) is 0. The first-order chi connectivity index (χ1) is 14.5. The fourth-order valence-electron chi connectivity index (χ4n) is 4.10. The van der Waals surface area contributed by atoms with Gasteiger partial charge in [0, 0.05) is 41.8 Å². The molecule has 4 rings (SSSR count). The highest BCUT2D eigenvalue weighted by Crippen LogP contribution is 2.39. The molecule has 6 nitrogen and oxygen atoms in total. The smallest absolute Gasteiger partial charge is 0.341 e. The number of nitrogens with one attached hydrogen (secondary N) is 1. The highest BCUT2D eigenvalue weighted by atomic mass is 35.5. The number of halogens is 1. The second-order valence-electron chi connectivity index (χ2n) is 7.57. The predicted molar refractivity (Wildman–Crippen MR) is 121 cm³/mol. The van der Waals surface area contributed by atoms with E-state index in [2.05, 4.69) is 15.1 Å². The Labute approximate surface area is 185 Å². The second-order valence-corrected chi connectivity index (χ2v) is 9.11. The van der Waals surface area contributed by atoms with Crippen LogP contribution in [0.25, 0.3) is 0 Å². The van der Waals surface area contributed by atoms with Gasteiger partial charge in [0.1, 0.15) is 5.00 Å². The number of piperazine rings is 1. The van der Waals surface area contributed by atoms with Crippen molar-refractivity contribution in [2.45, 2.75) is 26.2 Å². The number of carbonyl (C=O) groups is 2. The zero-order valence-electron chi connectivity index (χ0n) is 17.1. The van der Waals surface area contributed by atoms with Crippen LogP contribution in [0.5, 0.6) is 0 Å². The summed E-state index contributed by atoms with van der Waals surface area (Å²) in [5, 5.41) is 4.36. The molecule has 0 unspecified atom stereocenters. The number of carbonyl (C=O) groups excluding carboxylic acids is 2. The number of anilines is 2. The van der Waals surface area contributed by atoms with Gasteiger partial charge in [0.25, 0.3) is 0 Å². The number of nitrogens with zero attached hydrogens (tertiary/aromatic N) is 2. The number of hydrogen-bond acceptors (Lipinski definition) is 6. The van der Waals surface area contributed by atoms with E-state index in [9.17, 15) is 9.59 Å². The largest absolute Gasteiger partial charge is 0.462 e. The van der Waals surface area contributed by atoms with Crippen LogP contribution in [0.4, 0.5) is 10.7 Å². The lowest BCUT2D eigenvalue weighted by molar-refractivity contribution is -0.117. The highest BCUT2D eigenvalue weighted by Gasteiger charge is 2.29. The number of benzene rings is 1. The Hall–Kier alpha value is -2.09. The fourth-order valence-corrected chi connectivity index (χ4v) is 5.52. The molecule has 1 aromatic carbocycles. The summed E-state index contributed by atoms with van der Waals surface area (Å²) in [4.78, 5) is 30.8. The zero-order valence-corrected chi connectivity index (χ0v) is 18.7. The maximum absolute atomic E-state index is 12.7. The third-order valence-electron chi connectivity index (χ3n) is 5.59. The van der Waals surface area contributed by atoms with Gasteiger partial charge in [0.05, 0.1) is 18.7 Å². The van der Waals surface area contributed by atoms with E-state index in [0.717, 1.165) is 61.7 Å². The maximum atomic E-state index is 12.7. The van der Waals surface area contributed by atoms with Gasteiger partial charge >= 0.3 is 5.97 Å². The molecule has 1 fully saturated rings. The molecule has 160 valence electrons. The lowest BCUT2D eigenvalue weighted by Gasteiger charge is -2.35. The molecule has 0 atom stereocenters. The molecule has 2 aliphatic rings. The highest BCUT2D eigenvalue weighted by molar-refractivity contribution is 7.17. The molecular weight excluding hydrogens is 422 g/mol. The topological polar surface area (TPSA) is 61.9 Å². The van der Waals surface area contributed by atoms with Crippen molar-refractivity contribution in [3.63, 3.8) is 0 Å². The summed E-state index contributed by atoms with van der Waals surface area (Å²) in [6.45, 7) is 5.77. The van der Waals surface area contributed by atoms with E-state index in [4.69, 9.17) is 16.3 Å². The van der Waals surface area contributed by atoms with Crippen molar-refractivity contribution >= 4 is 45.5 Å². The molecule has 2 aromatic rings. The van der Waals surface area contributed by atoms with E-state index in [1.807, 2.05) is 24.3 Å². The van der Waals surface area contributed by atoms with Gasteiger partial charge in [-0.25, -0.2) is 4.79 Å². The zero-order chi connectivity index (χ0) is 21.1. The van der Waals surface area contributed by atoms with Crippen LogP contribution < -0.4 is 10.2 Å². The molecule has 0 spiro atoms. The van der Waals surface area contributed by atoms with Gasteiger partial charge in [0.15, 0.2) is 0 Å². The monoisotopic (exact) mass is 447 g/mol. The Kier molecular flexibility index (Phi) is 6.61. The lowest BCUT2D eigenvalue weighted by Crippen LogP contribution is -2.48. The number of rotatable bonds is 6. The normalized spacial score (nSPS) is 16.4. The first-order valence-electron chi connectivity index (χ1n) is 10.4. The van der Waals surface area contributed by atoms with Gasteiger partial charge in [0.2, 0.25) is 5.91 Å². The van der Waals surface area contributed by atoms with Gasteiger partial charge in [-0.05, 0) is 56.0 Å². The van der Waals surface area contributed by atoms with Crippen LogP contribution in [0.2, 0.25) is 5.02 Å². The Morgan fingerprint density at radius 2 is 1.87 bits per heavy atom. The number of aryl methyl sites for hydroxylation is 1. The first kappa shape index (κ1) is 21.2. The van der Waals surface area contributed by atoms with E-state index >= 15 is 0 Å². The molecule has 0 bridgehead atoms. The van der Waals surface area contributed by atoms with E-state index in [1.54, 1.807) is 6.92 Å². The summed E-state index contributed by atoms with van der Waals surface area (Å²) in [5.41, 5.74) is 2.77. The van der Waals surface area contributed by atoms with Gasteiger partial charge in [-0.2, -0.15) is 0 Å². The average molecular weight is 448 g/mol. The Morgan fingerprint density at radius 1 is 1.13 bits per heavy atom. The molecule has 0 radical (unpaired) electrons. The summed E-state index contributed by atoms with van der Waals surface area (Å²) < 4.78 is 5.24. The Morgan fingerprint density at radius 3 is 2.57 bits per heavy atom. The van der Waals surface area contributed by atoms with Crippen molar-refractivity contribution in [3.05, 3.63) is 45.3 Å². The number of ether oxygens (including phenoxy) is 1. The standard InChI is InChI=1S/C22H26ClN3O3S/c1-2-29-22(28)20-17-4-3-5-18(17)30-21(20)24-19(27)14-25-10-12-26(13-11-25)16-8-6-15(23)7-9-16/h6-9H,2-5,10-14H2,1H3,(H,24,27). The fraction of sp³-hybridized carbons (Fsp3) is 0.455. The van der Waals surface area contributed by atoms with Gasteiger partial charge in [-0.1, -0.05) is 11.6 Å². The third-order valence-corrected chi connectivity index (χ3v) is 7.04. The first-order valence-corrected chi connectivity index (χ1v) is 11.6. The van der Waals surface area contributed by atoms with Crippen molar-refractivity contribution < 1.29 is 14.3 Å². The Bertz CT molecular complexity index is 920. The number of esters is 1. The molecule has 1 aliphatic heterocycles. The summed E-state index contributed by atoms with van der Waals surface area (Å²) >= 11 is 7.49. The third kappa shape index (κ3) is 4.63. The molecule has 1 aromatic heterocycles. The maximum Gasteiger partial charge on any atom is 0.341 e. The summed E-state index contributed by atoms with van der Waals surface area (Å²) in [6, 6.07) is 7.85. The van der Waals surface area contributed by atoms with Crippen molar-refractivity contribution in [2.24, 2.45) is 0 Å². The van der Waals surface area contributed by atoms with E-state index in [0.29, 0.717) is 23.7 Å². The summed E-state index contributed by atoms with van der Waals surface area (Å²) in [6.07, 6.45) is 2.90. The molecule has 30 heavy (non-hydrogen) atoms. The summed E-state index contributed by atoms with van der Waals surface area (Å²) in [5.74, 6) is -0.413. The van der Waals surface area contributed by atoms with E-state index in [-0.39, 0.29) is 11.9 Å². The van der Waals surface area contributed by atoms with Crippen molar-refractivity contribution in [2.75, 3.05) is 49.5 Å². The quantitative estimate of drug-likeness (QED) is 0.682. The molecule has 1 aliphatic carbocycles. The SMILES string of the molecule is CCOC(=O)c1c(NC(=O)CN2CCN(c3ccc(Cl)cc3)CC2)sc2c1CCC2. The van der Waals surface area contributed by atoms with Crippen molar-refractivity contribution in [3.8, 4) is 0 Å². The van der Waals surface area contributed by atoms with Crippen molar-refractivity contribution in [1.29, 1.82) is 0 Å². The van der Waals surface area contributed by atoms with Crippen LogP contribution in [-0.2, 0) is 22.4 Å². The average Bonchev–Trinajstić information content (AvgIpc) is 3.30. The molecule has 8 heteroatoms. The van der Waals surface area contributed by atoms with Crippen LogP contribution in [0, 0.1) is 0 Å². The van der Waals surface area contributed by atoms with Crippen LogP contribution in [0.3, 0.4) is 0 Å². The Balaban J connectivity index is 1.35. The molecule has 2 heterocycles. The number of fused-ring (bicyclic) bond motifs is 1. The van der Waals surface area contributed by atoms with Crippen LogP contribution in [-0.4, -0.2) is 56.1 Å². The van der Waals surface area contributed by atoms with Crippen LogP contribution in [0.15, 0.2) is 24.3 Å². The van der Waals surface area contributed by atoms with Crippen LogP contribution in [0.1, 0.15) is 34.1 Å². The molecule has 1 amide bonds. The van der Waals surface area contributed by atoms with E-state index < -0.39 is 0 Å². The molecular formula is C22H26ClN3O3S. The van der Waals surface area contributed by atoms with Crippen LogP contribution >= 0.6 is 22.9 Å². The molecule has 0 saturated carbocycles. The molecule has 1 saturated heterocycles. The lowest BCUT2D eigenvalue weighted by atomic mass is 10.1. The van der Waals surface area contributed by atoms with Gasteiger partial charge in [-0.15, -0.1) is 11.3 Å². The van der Waals surface area contributed by atoms with Gasteiger partial charge < -0.3 is 15.0 Å². The number of hydrogen-bond donors (Lipinski definition) is 1. The van der Waals surface area contributed by atoms with Gasteiger partial charge in [-0.3, -0.25) is 9.69 Å². The minimum Gasteiger partial charge on any atom is -0.462 e.